The van der Waals surface area contributed by atoms with Crippen LogP contribution in [0.5, 0.6) is 17.2 Å². The normalized spacial score (nSPS) is 13.0. The minimum atomic E-state index is -0.620. The summed E-state index contributed by atoms with van der Waals surface area (Å²) >= 11 is 0. The lowest BCUT2D eigenvalue weighted by Gasteiger charge is -2.29. The zero-order valence-electron chi connectivity index (χ0n) is 17.3. The van der Waals surface area contributed by atoms with Crippen LogP contribution >= 0.6 is 0 Å². The number of fused-ring (bicyclic) bond motifs is 1. The lowest BCUT2D eigenvalue weighted by atomic mass is 10.0. The Kier molecular flexibility index (Phi) is 6.95. The number of carbonyl (C=O) groups is 2. The van der Waals surface area contributed by atoms with Crippen LogP contribution in [0.2, 0.25) is 0 Å². The van der Waals surface area contributed by atoms with Gasteiger partial charge >= 0.3 is 5.97 Å². The van der Waals surface area contributed by atoms with Gasteiger partial charge in [-0.3, -0.25) is 4.79 Å². The van der Waals surface area contributed by atoms with Crippen LogP contribution < -0.4 is 19.1 Å². The van der Waals surface area contributed by atoms with Gasteiger partial charge in [-0.15, -0.1) is 0 Å². The first-order chi connectivity index (χ1) is 14.6. The molecule has 0 radical (unpaired) electrons. The van der Waals surface area contributed by atoms with Crippen LogP contribution in [-0.2, 0) is 20.7 Å². The molecule has 2 aromatic rings. The van der Waals surface area contributed by atoms with Crippen molar-refractivity contribution in [1.82, 2.24) is 0 Å². The third-order valence-electron chi connectivity index (χ3n) is 4.88. The molecule has 0 fully saturated rings. The lowest BCUT2D eigenvalue weighted by molar-refractivity contribution is -0.142. The molecule has 0 N–H and O–H groups in total. The van der Waals surface area contributed by atoms with E-state index in [0.29, 0.717) is 29.4 Å². The monoisotopic (exact) mass is 411 g/mol. The highest BCUT2D eigenvalue weighted by atomic mass is 16.5. The first kappa shape index (κ1) is 21.2. The van der Waals surface area contributed by atoms with E-state index in [4.69, 9.17) is 18.9 Å². The number of benzene rings is 2. The number of amides is 1. The molecule has 7 nitrogen and oxygen atoms in total. The summed E-state index contributed by atoms with van der Waals surface area (Å²) in [5, 5.41) is 0. The van der Waals surface area contributed by atoms with Gasteiger partial charge in [-0.2, -0.15) is 0 Å². The molecular formula is C23H25NO6. The molecule has 30 heavy (non-hydrogen) atoms. The molecule has 1 aliphatic rings. The van der Waals surface area contributed by atoms with Crippen LogP contribution in [0, 0.1) is 0 Å². The molecule has 3 rings (SSSR count). The molecule has 7 heteroatoms. The van der Waals surface area contributed by atoms with E-state index in [1.54, 1.807) is 23.1 Å². The third-order valence-corrected chi connectivity index (χ3v) is 4.88. The number of methoxy groups -OCH3 is 3. The molecule has 0 saturated carbocycles. The van der Waals surface area contributed by atoms with E-state index in [1.807, 2.05) is 24.3 Å². The Morgan fingerprint density at radius 3 is 2.43 bits per heavy atom. The maximum atomic E-state index is 12.6. The minimum Gasteiger partial charge on any atom is -0.496 e. The highest BCUT2D eigenvalue weighted by Crippen LogP contribution is 2.35. The number of anilines is 1. The van der Waals surface area contributed by atoms with Crippen molar-refractivity contribution in [1.29, 1.82) is 0 Å². The average Bonchev–Trinajstić information content (AvgIpc) is 2.80. The molecule has 0 bridgehead atoms. The smallest absolute Gasteiger partial charge is 0.331 e. The highest BCUT2D eigenvalue weighted by molar-refractivity contribution is 5.97. The fourth-order valence-electron chi connectivity index (χ4n) is 3.39. The van der Waals surface area contributed by atoms with Gasteiger partial charge in [0.05, 0.1) is 21.3 Å². The molecule has 0 unspecified atom stereocenters. The Labute approximate surface area is 175 Å². The summed E-state index contributed by atoms with van der Waals surface area (Å²) in [4.78, 5) is 26.4. The topological polar surface area (TPSA) is 74.3 Å². The van der Waals surface area contributed by atoms with Crippen molar-refractivity contribution in [3.05, 3.63) is 53.6 Å². The summed E-state index contributed by atoms with van der Waals surface area (Å²) < 4.78 is 21.0. The molecule has 0 saturated heterocycles. The van der Waals surface area contributed by atoms with Crippen LogP contribution in [0.3, 0.4) is 0 Å². The van der Waals surface area contributed by atoms with Crippen molar-refractivity contribution in [3.63, 3.8) is 0 Å². The van der Waals surface area contributed by atoms with Gasteiger partial charge in [-0.1, -0.05) is 18.2 Å². The molecule has 0 atom stereocenters. The van der Waals surface area contributed by atoms with E-state index in [2.05, 4.69) is 0 Å². The number of aryl methyl sites for hydroxylation is 1. The maximum Gasteiger partial charge on any atom is 0.331 e. The predicted octanol–water partition coefficient (Wildman–Crippen LogP) is 3.25. The number of hydrogen-bond donors (Lipinski definition) is 0. The second-order valence-corrected chi connectivity index (χ2v) is 6.67. The summed E-state index contributed by atoms with van der Waals surface area (Å²) in [7, 11) is 4.57. The number of nitrogens with zero attached hydrogens (tertiary/aromatic N) is 1. The Morgan fingerprint density at radius 1 is 1.00 bits per heavy atom. The van der Waals surface area contributed by atoms with E-state index in [9.17, 15) is 9.59 Å². The molecule has 158 valence electrons. The predicted molar refractivity (Wildman–Crippen MR) is 113 cm³/mol. The van der Waals surface area contributed by atoms with E-state index in [1.165, 1.54) is 27.4 Å². The second-order valence-electron chi connectivity index (χ2n) is 6.67. The largest absolute Gasteiger partial charge is 0.496 e. The fraction of sp³-hybridized carbons (Fsp3) is 0.304. The summed E-state index contributed by atoms with van der Waals surface area (Å²) in [6.07, 6.45) is 4.62. The fourth-order valence-corrected chi connectivity index (χ4v) is 3.39. The summed E-state index contributed by atoms with van der Waals surface area (Å²) in [5.41, 5.74) is 2.63. The van der Waals surface area contributed by atoms with Crippen LogP contribution in [0.15, 0.2) is 42.5 Å². The summed E-state index contributed by atoms with van der Waals surface area (Å²) in [5.74, 6) is 0.669. The van der Waals surface area contributed by atoms with Gasteiger partial charge in [0.15, 0.2) is 18.1 Å². The zero-order valence-corrected chi connectivity index (χ0v) is 17.3. The number of hydrogen-bond acceptors (Lipinski definition) is 6. The number of carbonyl (C=O) groups excluding carboxylic acids is 2. The van der Waals surface area contributed by atoms with Crippen molar-refractivity contribution in [2.75, 3.05) is 39.4 Å². The number of ether oxygens (including phenoxy) is 4. The van der Waals surface area contributed by atoms with Gasteiger partial charge in [-0.05, 0) is 36.6 Å². The van der Waals surface area contributed by atoms with Crippen molar-refractivity contribution < 1.29 is 28.5 Å². The Balaban J connectivity index is 1.64. The van der Waals surface area contributed by atoms with Crippen LogP contribution in [0.25, 0.3) is 6.08 Å². The standard InChI is InChI=1S/C23H25NO6/c1-27-19-14-21(29-3)20(28-2)13-17(19)10-11-23(26)30-15-22(25)24-12-6-8-16-7-4-5-9-18(16)24/h4-5,7,9-11,13-14H,6,8,12,15H2,1-3H3/b11-10+. The molecule has 1 amide bonds. The third kappa shape index (κ3) is 4.74. The van der Waals surface area contributed by atoms with E-state index in [0.717, 1.165) is 24.1 Å². The first-order valence-electron chi connectivity index (χ1n) is 9.60. The van der Waals surface area contributed by atoms with Crippen LogP contribution in [0.1, 0.15) is 17.5 Å². The van der Waals surface area contributed by atoms with Gasteiger partial charge in [-0.25, -0.2) is 4.79 Å². The van der Waals surface area contributed by atoms with E-state index in [-0.39, 0.29) is 12.5 Å². The molecule has 0 aliphatic carbocycles. The molecule has 2 aromatic carbocycles. The quantitative estimate of drug-likeness (QED) is 0.514. The van der Waals surface area contributed by atoms with Gasteiger partial charge in [0.1, 0.15) is 5.75 Å². The van der Waals surface area contributed by atoms with Gasteiger partial charge in [0.25, 0.3) is 5.91 Å². The SMILES string of the molecule is COc1cc(OC)c(OC)cc1/C=C/C(=O)OCC(=O)N1CCCc2ccccc21. The molecule has 1 aliphatic heterocycles. The molecule has 0 aromatic heterocycles. The Hall–Kier alpha value is -3.48. The number of esters is 1. The van der Waals surface area contributed by atoms with Gasteiger partial charge in [0.2, 0.25) is 0 Å². The lowest BCUT2D eigenvalue weighted by Crippen LogP contribution is -2.38. The maximum absolute atomic E-state index is 12.6. The first-order valence-corrected chi connectivity index (χ1v) is 9.60. The Bertz CT molecular complexity index is 953. The van der Waals surface area contributed by atoms with E-state index >= 15 is 0 Å². The highest BCUT2D eigenvalue weighted by Gasteiger charge is 2.22. The van der Waals surface area contributed by atoms with Crippen LogP contribution in [0.4, 0.5) is 5.69 Å². The van der Waals surface area contributed by atoms with Crippen LogP contribution in [-0.4, -0.2) is 46.4 Å². The number of rotatable bonds is 7. The van der Waals surface area contributed by atoms with Crippen molar-refractivity contribution in [2.24, 2.45) is 0 Å². The summed E-state index contributed by atoms with van der Waals surface area (Å²) in [6, 6.07) is 11.1. The van der Waals surface area contributed by atoms with Crippen molar-refractivity contribution >= 4 is 23.6 Å². The second kappa shape index (κ2) is 9.82. The molecule has 0 spiro atoms. The zero-order chi connectivity index (χ0) is 21.5. The molecule has 1 heterocycles. The summed E-state index contributed by atoms with van der Waals surface area (Å²) in [6.45, 7) is 0.298. The van der Waals surface area contributed by atoms with Crippen molar-refractivity contribution in [2.45, 2.75) is 12.8 Å². The van der Waals surface area contributed by atoms with Gasteiger partial charge in [0, 0.05) is 29.9 Å². The molecular weight excluding hydrogens is 386 g/mol. The average molecular weight is 411 g/mol. The van der Waals surface area contributed by atoms with Gasteiger partial charge < -0.3 is 23.8 Å². The van der Waals surface area contributed by atoms with E-state index < -0.39 is 5.97 Å². The van der Waals surface area contributed by atoms with Crippen molar-refractivity contribution in [3.8, 4) is 17.2 Å². The number of para-hydroxylation sites is 1. The minimum absolute atomic E-state index is 0.243. The Morgan fingerprint density at radius 2 is 1.70 bits per heavy atom.